The first-order valence-corrected chi connectivity index (χ1v) is 5.33. The fraction of sp³-hybridized carbons (Fsp3) is 0.800. The Morgan fingerprint density at radius 2 is 2.00 bits per heavy atom. The normalized spacial score (nSPS) is 11.9. The summed E-state index contributed by atoms with van der Waals surface area (Å²) in [7, 11) is 1.57. The molecule has 0 fully saturated rings. The Hall–Kier alpha value is -1.10. The number of nitrogens with two attached hydrogens (primary N) is 1. The van der Waals surface area contributed by atoms with Gasteiger partial charge in [-0.2, -0.15) is 0 Å². The predicted molar refractivity (Wildman–Crippen MR) is 59.2 cm³/mol. The van der Waals surface area contributed by atoms with Gasteiger partial charge in [0.2, 0.25) is 11.8 Å². The largest absolute Gasteiger partial charge is 0.359 e. The molecule has 1 unspecified atom stereocenters. The van der Waals surface area contributed by atoms with E-state index in [1.165, 1.54) is 0 Å². The van der Waals surface area contributed by atoms with Crippen LogP contribution in [-0.2, 0) is 9.59 Å². The van der Waals surface area contributed by atoms with Crippen molar-refractivity contribution in [1.82, 2.24) is 10.6 Å². The van der Waals surface area contributed by atoms with Gasteiger partial charge in [-0.3, -0.25) is 9.59 Å². The maximum absolute atomic E-state index is 11.3. The third-order valence-corrected chi connectivity index (χ3v) is 2.06. The SMILES string of the molecule is CCCC(N)CC(=O)NCCC(=O)NC. The Labute approximate surface area is 90.8 Å². The average molecular weight is 215 g/mol. The van der Waals surface area contributed by atoms with Crippen LogP contribution in [0.3, 0.4) is 0 Å². The second-order valence-electron chi connectivity index (χ2n) is 3.53. The molecule has 0 aliphatic carbocycles. The first-order chi connectivity index (χ1) is 7.10. The number of hydrogen-bond acceptors (Lipinski definition) is 3. The predicted octanol–water partition coefficient (Wildman–Crippen LogP) is -0.244. The highest BCUT2D eigenvalue weighted by molar-refractivity contribution is 5.79. The molecule has 0 saturated carbocycles. The minimum Gasteiger partial charge on any atom is -0.359 e. The molecule has 0 heterocycles. The van der Waals surface area contributed by atoms with Crippen LogP contribution in [0.4, 0.5) is 0 Å². The highest BCUT2D eigenvalue weighted by Gasteiger charge is 2.08. The lowest BCUT2D eigenvalue weighted by atomic mass is 10.1. The van der Waals surface area contributed by atoms with E-state index in [4.69, 9.17) is 5.73 Å². The zero-order valence-electron chi connectivity index (χ0n) is 9.51. The van der Waals surface area contributed by atoms with Crippen LogP contribution >= 0.6 is 0 Å². The summed E-state index contributed by atoms with van der Waals surface area (Å²) in [5, 5.41) is 5.14. The monoisotopic (exact) mass is 215 g/mol. The standard InChI is InChI=1S/C10H21N3O2/c1-3-4-8(11)7-10(15)13-6-5-9(14)12-2/h8H,3-7,11H2,1-2H3,(H,12,14)(H,13,15). The molecule has 0 aromatic heterocycles. The van der Waals surface area contributed by atoms with Gasteiger partial charge in [0.25, 0.3) is 0 Å². The van der Waals surface area contributed by atoms with Crippen LogP contribution in [0.1, 0.15) is 32.6 Å². The topological polar surface area (TPSA) is 84.2 Å². The molecule has 2 amide bonds. The van der Waals surface area contributed by atoms with Gasteiger partial charge in [-0.05, 0) is 6.42 Å². The third-order valence-electron chi connectivity index (χ3n) is 2.06. The van der Waals surface area contributed by atoms with Crippen LogP contribution in [0.5, 0.6) is 0 Å². The number of carbonyl (C=O) groups excluding carboxylic acids is 2. The van der Waals surface area contributed by atoms with Crippen molar-refractivity contribution in [3.63, 3.8) is 0 Å². The Bertz CT molecular complexity index is 207. The van der Waals surface area contributed by atoms with E-state index in [1.54, 1.807) is 7.05 Å². The molecule has 4 N–H and O–H groups in total. The molecule has 0 saturated heterocycles. The van der Waals surface area contributed by atoms with Crippen LogP contribution in [0, 0.1) is 0 Å². The van der Waals surface area contributed by atoms with Gasteiger partial charge in [0.05, 0.1) is 0 Å². The fourth-order valence-corrected chi connectivity index (χ4v) is 1.22. The first-order valence-electron chi connectivity index (χ1n) is 5.33. The van der Waals surface area contributed by atoms with Gasteiger partial charge in [0.1, 0.15) is 0 Å². The van der Waals surface area contributed by atoms with Gasteiger partial charge in [-0.1, -0.05) is 13.3 Å². The van der Waals surface area contributed by atoms with E-state index < -0.39 is 0 Å². The minimum atomic E-state index is -0.0835. The molecule has 0 aliphatic heterocycles. The van der Waals surface area contributed by atoms with Crippen LogP contribution in [-0.4, -0.2) is 31.4 Å². The summed E-state index contributed by atoms with van der Waals surface area (Å²) in [4.78, 5) is 22.1. The fourth-order valence-electron chi connectivity index (χ4n) is 1.22. The van der Waals surface area contributed by atoms with Crippen molar-refractivity contribution >= 4 is 11.8 Å². The van der Waals surface area contributed by atoms with Crippen LogP contribution in [0.25, 0.3) is 0 Å². The number of hydrogen-bond donors (Lipinski definition) is 3. The van der Waals surface area contributed by atoms with Crippen molar-refractivity contribution in [2.24, 2.45) is 5.73 Å². The molecule has 5 heteroatoms. The Kier molecular flexibility index (Phi) is 7.62. The second kappa shape index (κ2) is 8.23. The molecule has 88 valence electrons. The number of nitrogens with one attached hydrogen (secondary N) is 2. The van der Waals surface area contributed by atoms with Gasteiger partial charge < -0.3 is 16.4 Å². The smallest absolute Gasteiger partial charge is 0.221 e. The number of rotatable bonds is 7. The Morgan fingerprint density at radius 3 is 2.53 bits per heavy atom. The Morgan fingerprint density at radius 1 is 1.33 bits per heavy atom. The molecular formula is C10H21N3O2. The lowest BCUT2D eigenvalue weighted by Gasteiger charge is -2.10. The molecule has 0 aromatic rings. The summed E-state index contributed by atoms with van der Waals surface area (Å²) >= 11 is 0. The van der Waals surface area contributed by atoms with Crippen molar-refractivity contribution in [3.8, 4) is 0 Å². The molecule has 0 aliphatic rings. The molecule has 0 rings (SSSR count). The van der Waals surface area contributed by atoms with Crippen molar-refractivity contribution in [2.45, 2.75) is 38.6 Å². The van der Waals surface area contributed by atoms with Crippen LogP contribution in [0.2, 0.25) is 0 Å². The molecule has 1 atom stereocenters. The van der Waals surface area contributed by atoms with E-state index in [1.807, 2.05) is 6.92 Å². The van der Waals surface area contributed by atoms with Gasteiger partial charge in [-0.15, -0.1) is 0 Å². The van der Waals surface area contributed by atoms with Crippen LogP contribution < -0.4 is 16.4 Å². The maximum Gasteiger partial charge on any atom is 0.221 e. The third kappa shape index (κ3) is 7.93. The minimum absolute atomic E-state index is 0.0741. The summed E-state index contributed by atoms with van der Waals surface area (Å²) in [6, 6.07) is -0.0741. The zero-order chi connectivity index (χ0) is 11.7. The van der Waals surface area contributed by atoms with E-state index in [-0.39, 0.29) is 17.9 Å². The molecule has 0 radical (unpaired) electrons. The summed E-state index contributed by atoms with van der Waals surface area (Å²) in [5.74, 6) is -0.159. The van der Waals surface area contributed by atoms with E-state index in [0.717, 1.165) is 12.8 Å². The van der Waals surface area contributed by atoms with E-state index >= 15 is 0 Å². The lowest BCUT2D eigenvalue weighted by Crippen LogP contribution is -2.33. The summed E-state index contributed by atoms with van der Waals surface area (Å²) in [6.07, 6.45) is 2.47. The molecule has 5 nitrogen and oxygen atoms in total. The Balaban J connectivity index is 3.53. The highest BCUT2D eigenvalue weighted by Crippen LogP contribution is 1.97. The van der Waals surface area contributed by atoms with E-state index in [0.29, 0.717) is 19.4 Å². The molecule has 15 heavy (non-hydrogen) atoms. The maximum atomic E-state index is 11.3. The van der Waals surface area contributed by atoms with Crippen molar-refractivity contribution in [1.29, 1.82) is 0 Å². The molecule has 0 bridgehead atoms. The van der Waals surface area contributed by atoms with Crippen LogP contribution in [0.15, 0.2) is 0 Å². The first kappa shape index (κ1) is 13.9. The average Bonchev–Trinajstić information content (AvgIpc) is 2.17. The highest BCUT2D eigenvalue weighted by atomic mass is 16.2. The zero-order valence-corrected chi connectivity index (χ0v) is 9.51. The number of amides is 2. The number of carbonyl (C=O) groups is 2. The van der Waals surface area contributed by atoms with Crippen molar-refractivity contribution in [2.75, 3.05) is 13.6 Å². The van der Waals surface area contributed by atoms with Gasteiger partial charge in [0.15, 0.2) is 0 Å². The quantitative estimate of drug-likeness (QED) is 0.548. The van der Waals surface area contributed by atoms with Crippen molar-refractivity contribution < 1.29 is 9.59 Å². The van der Waals surface area contributed by atoms with E-state index in [9.17, 15) is 9.59 Å². The molecular weight excluding hydrogens is 194 g/mol. The molecule has 0 spiro atoms. The molecule has 0 aromatic carbocycles. The summed E-state index contributed by atoms with van der Waals surface area (Å²) < 4.78 is 0. The summed E-state index contributed by atoms with van der Waals surface area (Å²) in [6.45, 7) is 2.40. The lowest BCUT2D eigenvalue weighted by molar-refractivity contribution is -0.122. The second-order valence-corrected chi connectivity index (χ2v) is 3.53. The van der Waals surface area contributed by atoms with Gasteiger partial charge in [-0.25, -0.2) is 0 Å². The van der Waals surface area contributed by atoms with Gasteiger partial charge in [0, 0.05) is 32.5 Å². The van der Waals surface area contributed by atoms with E-state index in [2.05, 4.69) is 10.6 Å². The van der Waals surface area contributed by atoms with Gasteiger partial charge >= 0.3 is 0 Å². The summed E-state index contributed by atoms with van der Waals surface area (Å²) in [5.41, 5.74) is 5.70. The van der Waals surface area contributed by atoms with Crippen molar-refractivity contribution in [3.05, 3.63) is 0 Å².